The molecule has 0 radical (unpaired) electrons. The smallest absolute Gasteiger partial charge is 0.246 e. The minimum atomic E-state index is -0.719. The monoisotopic (exact) mass is 403 g/mol. The Bertz CT molecular complexity index is 816. The number of fused-ring (bicyclic) bond motifs is 1. The molecule has 2 aromatic rings. The van der Waals surface area contributed by atoms with Crippen LogP contribution in [0.2, 0.25) is 5.02 Å². The lowest BCUT2D eigenvalue weighted by Gasteiger charge is -2.25. The highest BCUT2D eigenvalue weighted by Gasteiger charge is 2.24. The molecule has 1 aliphatic rings. The molecule has 7 heteroatoms. The van der Waals surface area contributed by atoms with Crippen molar-refractivity contribution in [2.45, 2.75) is 17.4 Å². The van der Waals surface area contributed by atoms with Gasteiger partial charge < -0.3 is 15.5 Å². The summed E-state index contributed by atoms with van der Waals surface area (Å²) in [7, 11) is 1.56. The molecule has 0 unspecified atom stereocenters. The molecule has 0 saturated heterocycles. The van der Waals surface area contributed by atoms with Gasteiger partial charge in [0.25, 0.3) is 0 Å². The van der Waals surface area contributed by atoms with E-state index in [1.165, 1.54) is 0 Å². The van der Waals surface area contributed by atoms with E-state index in [1.54, 1.807) is 18.8 Å². The van der Waals surface area contributed by atoms with Gasteiger partial charge >= 0.3 is 0 Å². The van der Waals surface area contributed by atoms with Gasteiger partial charge in [0.2, 0.25) is 11.8 Å². The fraction of sp³-hybridized carbons (Fsp3) is 0.300. The van der Waals surface area contributed by atoms with Crippen LogP contribution in [0.5, 0.6) is 0 Å². The molecule has 2 N–H and O–H groups in total. The van der Waals surface area contributed by atoms with E-state index < -0.39 is 6.04 Å². The van der Waals surface area contributed by atoms with Crippen LogP contribution in [0.15, 0.2) is 53.4 Å². The molecule has 0 saturated carbocycles. The van der Waals surface area contributed by atoms with E-state index >= 15 is 0 Å². The first kappa shape index (κ1) is 19.6. The standard InChI is InChI=1S/C20H22ClN3O2S/c1-22-20(26)19(14-6-3-2-4-7-14)23-18(25)13-24-10-5-11-27-17-9-8-15(21)12-16(17)24/h2-4,6-9,12,19H,5,10-11,13H2,1H3,(H,22,26)(H,23,25)/t19-/m1/s1. The third kappa shape index (κ3) is 4.96. The molecular weight excluding hydrogens is 382 g/mol. The fourth-order valence-corrected chi connectivity index (χ4v) is 4.21. The van der Waals surface area contributed by atoms with Crippen molar-refractivity contribution in [2.24, 2.45) is 0 Å². The molecule has 27 heavy (non-hydrogen) atoms. The summed E-state index contributed by atoms with van der Waals surface area (Å²) in [4.78, 5) is 28.2. The van der Waals surface area contributed by atoms with Crippen LogP contribution in [0.1, 0.15) is 18.0 Å². The Kier molecular flexibility index (Phi) is 6.63. The van der Waals surface area contributed by atoms with E-state index in [0.29, 0.717) is 5.02 Å². The van der Waals surface area contributed by atoms with Crippen LogP contribution in [0.3, 0.4) is 0 Å². The van der Waals surface area contributed by atoms with Gasteiger partial charge in [-0.3, -0.25) is 9.59 Å². The maximum Gasteiger partial charge on any atom is 0.246 e. The summed E-state index contributed by atoms with van der Waals surface area (Å²) in [6, 6.07) is 14.3. The lowest BCUT2D eigenvalue weighted by molar-refractivity contribution is -0.128. The van der Waals surface area contributed by atoms with Crippen molar-refractivity contribution < 1.29 is 9.59 Å². The van der Waals surface area contributed by atoms with Gasteiger partial charge in [-0.05, 0) is 35.9 Å². The van der Waals surface area contributed by atoms with Crippen LogP contribution in [-0.2, 0) is 9.59 Å². The van der Waals surface area contributed by atoms with Crippen LogP contribution in [0, 0.1) is 0 Å². The number of hydrogen-bond donors (Lipinski definition) is 2. The number of amides is 2. The zero-order chi connectivity index (χ0) is 19.2. The predicted octanol–water partition coefficient (Wildman–Crippen LogP) is 3.25. The van der Waals surface area contributed by atoms with Crippen molar-refractivity contribution in [3.63, 3.8) is 0 Å². The number of likely N-dealkylation sites (N-methyl/N-ethyl adjacent to an activating group) is 1. The second-order valence-electron chi connectivity index (χ2n) is 6.26. The normalized spacial score (nSPS) is 14.7. The van der Waals surface area contributed by atoms with Crippen molar-refractivity contribution in [1.82, 2.24) is 10.6 Å². The molecule has 0 aromatic heterocycles. The van der Waals surface area contributed by atoms with Crippen LogP contribution >= 0.6 is 23.4 Å². The number of nitrogens with zero attached hydrogens (tertiary/aromatic N) is 1. The Labute approximate surface area is 168 Å². The minimum absolute atomic E-state index is 0.175. The molecule has 2 aromatic carbocycles. The van der Waals surface area contributed by atoms with Crippen LogP contribution in [0.25, 0.3) is 0 Å². The second-order valence-corrected chi connectivity index (χ2v) is 7.83. The third-order valence-electron chi connectivity index (χ3n) is 4.37. The Morgan fingerprint density at radius 2 is 2.00 bits per heavy atom. The predicted molar refractivity (Wildman–Crippen MR) is 110 cm³/mol. The number of thioether (sulfide) groups is 1. The molecule has 5 nitrogen and oxygen atoms in total. The first-order valence-electron chi connectivity index (χ1n) is 8.81. The van der Waals surface area contributed by atoms with E-state index in [2.05, 4.69) is 10.6 Å². The van der Waals surface area contributed by atoms with E-state index in [9.17, 15) is 9.59 Å². The average molecular weight is 404 g/mol. The van der Waals surface area contributed by atoms with Crippen LogP contribution in [-0.4, -0.2) is 37.7 Å². The highest BCUT2D eigenvalue weighted by Crippen LogP contribution is 2.35. The highest BCUT2D eigenvalue weighted by atomic mass is 35.5. The van der Waals surface area contributed by atoms with Gasteiger partial charge in [-0.15, -0.1) is 11.8 Å². The van der Waals surface area contributed by atoms with Gasteiger partial charge in [-0.25, -0.2) is 0 Å². The summed E-state index contributed by atoms with van der Waals surface area (Å²) in [6.45, 7) is 0.942. The topological polar surface area (TPSA) is 61.4 Å². The first-order valence-corrected chi connectivity index (χ1v) is 10.2. The summed E-state index contributed by atoms with van der Waals surface area (Å²) in [5, 5.41) is 6.13. The minimum Gasteiger partial charge on any atom is -0.361 e. The first-order chi connectivity index (χ1) is 13.1. The molecule has 0 fully saturated rings. The SMILES string of the molecule is CNC(=O)[C@H](NC(=O)CN1CCCSc2ccc(Cl)cc21)c1ccccc1. The molecule has 1 atom stereocenters. The molecule has 1 heterocycles. The maximum atomic E-state index is 12.7. The van der Waals surface area contributed by atoms with Gasteiger partial charge in [0.15, 0.2) is 0 Å². The molecule has 0 spiro atoms. The summed E-state index contributed by atoms with van der Waals surface area (Å²) >= 11 is 7.94. The number of carbonyl (C=O) groups is 2. The number of halogens is 1. The number of anilines is 1. The van der Waals surface area contributed by atoms with Crippen LogP contribution < -0.4 is 15.5 Å². The lowest BCUT2D eigenvalue weighted by Crippen LogP contribution is -2.44. The summed E-state index contributed by atoms with van der Waals surface area (Å²) in [5.41, 5.74) is 1.72. The average Bonchev–Trinajstić information content (AvgIpc) is 2.88. The van der Waals surface area contributed by atoms with Crippen molar-refractivity contribution in [3.8, 4) is 0 Å². The Hall–Kier alpha value is -2.18. The molecule has 0 aliphatic carbocycles. The molecular formula is C20H22ClN3O2S. The zero-order valence-electron chi connectivity index (χ0n) is 15.1. The van der Waals surface area contributed by atoms with E-state index in [-0.39, 0.29) is 18.4 Å². The fourth-order valence-electron chi connectivity index (χ4n) is 3.05. The van der Waals surface area contributed by atoms with Gasteiger partial charge in [-0.1, -0.05) is 41.9 Å². The Morgan fingerprint density at radius 1 is 1.22 bits per heavy atom. The number of carbonyl (C=O) groups excluding carboxylic acids is 2. The number of hydrogen-bond acceptors (Lipinski definition) is 4. The van der Waals surface area contributed by atoms with Crippen molar-refractivity contribution in [2.75, 3.05) is 30.8 Å². The van der Waals surface area contributed by atoms with Crippen molar-refractivity contribution in [3.05, 3.63) is 59.1 Å². The molecule has 3 rings (SSSR count). The Balaban J connectivity index is 1.76. The Morgan fingerprint density at radius 3 is 2.74 bits per heavy atom. The number of nitrogens with one attached hydrogen (secondary N) is 2. The third-order valence-corrected chi connectivity index (χ3v) is 5.76. The summed E-state index contributed by atoms with van der Waals surface area (Å²) in [5.74, 6) is 0.548. The summed E-state index contributed by atoms with van der Waals surface area (Å²) in [6.07, 6.45) is 0.974. The molecule has 1 aliphatic heterocycles. The van der Waals surface area contributed by atoms with Crippen molar-refractivity contribution in [1.29, 1.82) is 0 Å². The van der Waals surface area contributed by atoms with E-state index in [1.807, 2.05) is 53.4 Å². The zero-order valence-corrected chi connectivity index (χ0v) is 16.6. The van der Waals surface area contributed by atoms with Gasteiger partial charge in [0.05, 0.1) is 12.2 Å². The van der Waals surface area contributed by atoms with E-state index in [4.69, 9.17) is 11.6 Å². The number of rotatable bonds is 5. The van der Waals surface area contributed by atoms with Gasteiger partial charge in [-0.2, -0.15) is 0 Å². The van der Waals surface area contributed by atoms with Crippen molar-refractivity contribution >= 4 is 40.9 Å². The highest BCUT2D eigenvalue weighted by molar-refractivity contribution is 7.99. The van der Waals surface area contributed by atoms with E-state index in [0.717, 1.165) is 34.9 Å². The quantitative estimate of drug-likeness (QED) is 0.804. The number of benzene rings is 2. The van der Waals surface area contributed by atoms with Gasteiger partial charge in [0.1, 0.15) is 6.04 Å². The molecule has 142 valence electrons. The van der Waals surface area contributed by atoms with Gasteiger partial charge in [0, 0.05) is 23.5 Å². The van der Waals surface area contributed by atoms with Crippen LogP contribution in [0.4, 0.5) is 5.69 Å². The lowest BCUT2D eigenvalue weighted by atomic mass is 10.1. The largest absolute Gasteiger partial charge is 0.361 e. The second kappa shape index (κ2) is 9.15. The maximum absolute atomic E-state index is 12.7. The molecule has 0 bridgehead atoms. The molecule has 2 amide bonds. The summed E-state index contributed by atoms with van der Waals surface area (Å²) < 4.78 is 0.